The van der Waals surface area contributed by atoms with E-state index in [1.54, 1.807) is 20.3 Å². The molecule has 2 N–H and O–H groups in total. The molecule has 0 radical (unpaired) electrons. The molecule has 0 aromatic heterocycles. The van der Waals surface area contributed by atoms with Crippen molar-refractivity contribution >= 4 is 23.2 Å². The molecule has 1 heterocycles. The summed E-state index contributed by atoms with van der Waals surface area (Å²) in [6.45, 7) is 2.63. The Kier molecular flexibility index (Phi) is 9.76. The lowest BCUT2D eigenvalue weighted by Gasteiger charge is -2.35. The molecule has 7 heteroatoms. The highest BCUT2D eigenvalue weighted by Crippen LogP contribution is 2.30. The monoisotopic (exact) mass is 515 g/mol. The average molecular weight is 516 g/mol. The predicted molar refractivity (Wildman–Crippen MR) is 151 cm³/mol. The molecule has 0 atom stereocenters. The minimum absolute atomic E-state index is 0.143. The normalized spacial score (nSPS) is 13.7. The molecule has 0 spiro atoms. The Morgan fingerprint density at radius 1 is 0.921 bits per heavy atom. The molecule has 0 aliphatic carbocycles. The lowest BCUT2D eigenvalue weighted by atomic mass is 9.89. The number of hydrogen-bond donors (Lipinski definition) is 2. The van der Waals surface area contributed by atoms with Crippen LogP contribution in [0.4, 0.5) is 11.4 Å². The summed E-state index contributed by atoms with van der Waals surface area (Å²) >= 11 is 0. The van der Waals surface area contributed by atoms with E-state index in [1.165, 1.54) is 5.56 Å². The van der Waals surface area contributed by atoms with Crippen LogP contribution in [0.2, 0.25) is 0 Å². The maximum Gasteiger partial charge on any atom is 0.253 e. The van der Waals surface area contributed by atoms with Gasteiger partial charge in [0.05, 0.1) is 25.7 Å². The fourth-order valence-electron chi connectivity index (χ4n) is 4.89. The van der Waals surface area contributed by atoms with Gasteiger partial charge in [-0.05, 0) is 66.6 Å². The third-order valence-electron chi connectivity index (χ3n) is 6.96. The smallest absolute Gasteiger partial charge is 0.253 e. The molecule has 1 saturated heterocycles. The van der Waals surface area contributed by atoms with E-state index in [2.05, 4.69) is 45.9 Å². The average Bonchev–Trinajstić information content (AvgIpc) is 2.94. The van der Waals surface area contributed by atoms with Gasteiger partial charge in [-0.25, -0.2) is 0 Å². The number of hydrogen-bond acceptors (Lipinski definition) is 5. The molecule has 1 fully saturated rings. The number of piperidine rings is 1. The number of amides is 2. The summed E-state index contributed by atoms with van der Waals surface area (Å²) in [6, 6.07) is 23.6. The topological polar surface area (TPSA) is 79.9 Å². The van der Waals surface area contributed by atoms with Crippen molar-refractivity contribution in [1.82, 2.24) is 5.32 Å². The lowest BCUT2D eigenvalue weighted by molar-refractivity contribution is -0.115. The van der Waals surface area contributed by atoms with Crippen LogP contribution in [0.3, 0.4) is 0 Å². The molecule has 7 nitrogen and oxygen atoms in total. The molecular weight excluding hydrogens is 478 g/mol. The molecule has 1 aliphatic heterocycles. The number of carbonyl (C=O) groups is 2. The zero-order valence-corrected chi connectivity index (χ0v) is 22.2. The Hall–Kier alpha value is -3.84. The first-order valence-electron chi connectivity index (χ1n) is 13.2. The van der Waals surface area contributed by atoms with Crippen LogP contribution in [-0.4, -0.2) is 52.3 Å². The number of carbonyl (C=O) groups excluding carboxylic acids is 2. The Balaban J connectivity index is 1.44. The number of nitrogens with zero attached hydrogens (tertiary/aromatic N) is 1. The van der Waals surface area contributed by atoms with Gasteiger partial charge >= 0.3 is 0 Å². The quantitative estimate of drug-likeness (QED) is 0.362. The summed E-state index contributed by atoms with van der Waals surface area (Å²) in [6.07, 6.45) is 3.45. The first-order chi connectivity index (χ1) is 18.6. The lowest BCUT2D eigenvalue weighted by Crippen LogP contribution is -2.36. The van der Waals surface area contributed by atoms with E-state index >= 15 is 0 Å². The summed E-state index contributed by atoms with van der Waals surface area (Å²) in [5.41, 5.74) is 4.31. The Labute approximate surface area is 225 Å². The minimum Gasteiger partial charge on any atom is -0.497 e. The van der Waals surface area contributed by atoms with Crippen LogP contribution in [0.15, 0.2) is 72.8 Å². The zero-order chi connectivity index (χ0) is 26.7. The van der Waals surface area contributed by atoms with Crippen molar-refractivity contribution in [3.05, 3.63) is 89.5 Å². The van der Waals surface area contributed by atoms with Gasteiger partial charge < -0.3 is 25.0 Å². The summed E-state index contributed by atoms with van der Waals surface area (Å²) < 4.78 is 10.3. The highest BCUT2D eigenvalue weighted by Gasteiger charge is 2.24. The zero-order valence-electron chi connectivity index (χ0n) is 22.2. The number of methoxy groups -OCH3 is 2. The van der Waals surface area contributed by atoms with E-state index in [9.17, 15) is 9.59 Å². The maximum atomic E-state index is 13.2. The van der Waals surface area contributed by atoms with Crippen LogP contribution in [-0.2, 0) is 22.4 Å². The van der Waals surface area contributed by atoms with Gasteiger partial charge in [0, 0.05) is 38.1 Å². The van der Waals surface area contributed by atoms with Gasteiger partial charge in [-0.1, -0.05) is 42.5 Å². The Morgan fingerprint density at radius 2 is 1.66 bits per heavy atom. The van der Waals surface area contributed by atoms with Crippen molar-refractivity contribution in [3.63, 3.8) is 0 Å². The van der Waals surface area contributed by atoms with Crippen LogP contribution in [0.1, 0.15) is 34.3 Å². The highest BCUT2D eigenvalue weighted by atomic mass is 16.5. The SMILES string of the molecule is COCCNC(=O)c1cc(NC(=O)Cc2ccc(OC)cc2)ccc1N1CCC(Cc2ccccc2)CC1. The van der Waals surface area contributed by atoms with Crippen LogP contribution in [0, 0.1) is 5.92 Å². The van der Waals surface area contributed by atoms with Gasteiger partial charge in [-0.3, -0.25) is 9.59 Å². The third kappa shape index (κ3) is 7.59. The van der Waals surface area contributed by atoms with E-state index in [0.717, 1.165) is 49.4 Å². The van der Waals surface area contributed by atoms with Crippen molar-refractivity contribution in [2.75, 3.05) is 50.7 Å². The number of ether oxygens (including phenoxy) is 2. The van der Waals surface area contributed by atoms with Crippen LogP contribution in [0.5, 0.6) is 5.75 Å². The van der Waals surface area contributed by atoms with Crippen molar-refractivity contribution in [3.8, 4) is 5.75 Å². The van der Waals surface area contributed by atoms with Gasteiger partial charge in [0.25, 0.3) is 5.91 Å². The van der Waals surface area contributed by atoms with E-state index < -0.39 is 0 Å². The minimum atomic E-state index is -0.172. The number of anilines is 2. The molecule has 38 heavy (non-hydrogen) atoms. The van der Waals surface area contributed by atoms with Gasteiger partial charge in [0.2, 0.25) is 5.91 Å². The molecule has 0 bridgehead atoms. The molecule has 200 valence electrons. The molecule has 2 amide bonds. The molecule has 1 aliphatic rings. The molecule has 0 saturated carbocycles. The second-order valence-corrected chi connectivity index (χ2v) is 9.67. The number of nitrogens with one attached hydrogen (secondary N) is 2. The predicted octanol–water partition coefficient (Wildman–Crippen LogP) is 4.71. The fourth-order valence-corrected chi connectivity index (χ4v) is 4.89. The molecule has 3 aromatic rings. The standard InChI is InChI=1S/C31H37N3O4/c1-37-19-16-32-31(36)28-22-26(33-30(35)21-24-8-11-27(38-2)12-9-24)10-13-29(28)34-17-14-25(15-18-34)20-23-6-4-3-5-7-23/h3-13,22,25H,14-21H2,1-2H3,(H,32,36)(H,33,35). The van der Waals surface area contributed by atoms with Gasteiger partial charge in [0.1, 0.15) is 5.75 Å². The summed E-state index contributed by atoms with van der Waals surface area (Å²) in [4.78, 5) is 28.2. The van der Waals surface area contributed by atoms with Crippen molar-refractivity contribution in [2.45, 2.75) is 25.7 Å². The summed E-state index contributed by atoms with van der Waals surface area (Å²) in [7, 11) is 3.22. The number of benzene rings is 3. The van der Waals surface area contributed by atoms with E-state index in [4.69, 9.17) is 9.47 Å². The molecule has 0 unspecified atom stereocenters. The van der Waals surface area contributed by atoms with Crippen LogP contribution < -0.4 is 20.3 Å². The van der Waals surface area contributed by atoms with Gasteiger partial charge in [-0.15, -0.1) is 0 Å². The second-order valence-electron chi connectivity index (χ2n) is 9.67. The molecular formula is C31H37N3O4. The van der Waals surface area contributed by atoms with Gasteiger partial charge in [0.15, 0.2) is 0 Å². The van der Waals surface area contributed by atoms with E-state index in [-0.39, 0.29) is 18.2 Å². The molecule has 3 aromatic carbocycles. The molecule has 4 rings (SSSR count). The second kappa shape index (κ2) is 13.6. The van der Waals surface area contributed by atoms with E-state index in [1.807, 2.05) is 36.4 Å². The fraction of sp³-hybridized carbons (Fsp3) is 0.355. The van der Waals surface area contributed by atoms with E-state index in [0.29, 0.717) is 30.3 Å². The van der Waals surface area contributed by atoms with Crippen molar-refractivity contribution in [2.24, 2.45) is 5.92 Å². The van der Waals surface area contributed by atoms with Crippen LogP contribution >= 0.6 is 0 Å². The Bertz CT molecular complexity index is 1190. The first kappa shape index (κ1) is 27.2. The van der Waals surface area contributed by atoms with Gasteiger partial charge in [-0.2, -0.15) is 0 Å². The summed E-state index contributed by atoms with van der Waals surface area (Å²) in [5.74, 6) is 1.06. The van der Waals surface area contributed by atoms with Crippen LogP contribution in [0.25, 0.3) is 0 Å². The maximum absolute atomic E-state index is 13.2. The third-order valence-corrected chi connectivity index (χ3v) is 6.96. The van der Waals surface area contributed by atoms with Crippen molar-refractivity contribution < 1.29 is 19.1 Å². The summed E-state index contributed by atoms with van der Waals surface area (Å²) in [5, 5.41) is 5.89. The number of rotatable bonds is 11. The van der Waals surface area contributed by atoms with Crippen molar-refractivity contribution in [1.29, 1.82) is 0 Å². The first-order valence-corrected chi connectivity index (χ1v) is 13.2. The Morgan fingerprint density at radius 3 is 2.34 bits per heavy atom. The highest BCUT2D eigenvalue weighted by molar-refractivity contribution is 6.02. The largest absolute Gasteiger partial charge is 0.497 e.